The third-order valence-corrected chi connectivity index (χ3v) is 3.57. The van der Waals surface area contributed by atoms with Gasteiger partial charge in [0.1, 0.15) is 6.10 Å². The molecule has 1 aliphatic rings. The van der Waals surface area contributed by atoms with Gasteiger partial charge in [0.15, 0.2) is 0 Å². The third kappa shape index (κ3) is 4.49. The summed E-state index contributed by atoms with van der Waals surface area (Å²) in [7, 11) is 0. The lowest BCUT2D eigenvalue weighted by Crippen LogP contribution is -2.57. The summed E-state index contributed by atoms with van der Waals surface area (Å²) in [6.07, 6.45) is 1.65. The summed E-state index contributed by atoms with van der Waals surface area (Å²) in [4.78, 5) is 27.2. The van der Waals surface area contributed by atoms with Crippen molar-refractivity contribution >= 4 is 11.8 Å². The van der Waals surface area contributed by atoms with Gasteiger partial charge in [0.2, 0.25) is 5.91 Å². The van der Waals surface area contributed by atoms with Gasteiger partial charge in [0.25, 0.3) is 5.91 Å². The summed E-state index contributed by atoms with van der Waals surface area (Å²) in [5.74, 6) is 0.109. The first-order chi connectivity index (χ1) is 8.97. The van der Waals surface area contributed by atoms with Crippen LogP contribution >= 0.6 is 0 Å². The first-order valence-corrected chi connectivity index (χ1v) is 7.15. The Bertz CT molecular complexity index is 320. The SMILES string of the molecule is CCCCO[C@@H](C)C(=O)N1CCN(C(C)=O)C[C@H]1C. The smallest absolute Gasteiger partial charge is 0.251 e. The van der Waals surface area contributed by atoms with E-state index in [0.29, 0.717) is 26.2 Å². The lowest BCUT2D eigenvalue weighted by molar-refractivity contribution is -0.150. The van der Waals surface area contributed by atoms with Crippen LogP contribution < -0.4 is 0 Å². The van der Waals surface area contributed by atoms with Crippen molar-refractivity contribution in [3.05, 3.63) is 0 Å². The lowest BCUT2D eigenvalue weighted by Gasteiger charge is -2.40. The molecule has 0 aromatic carbocycles. The van der Waals surface area contributed by atoms with Crippen molar-refractivity contribution in [2.45, 2.75) is 52.7 Å². The van der Waals surface area contributed by atoms with Crippen molar-refractivity contribution in [1.82, 2.24) is 9.80 Å². The van der Waals surface area contributed by atoms with Crippen LogP contribution in [0.1, 0.15) is 40.5 Å². The van der Waals surface area contributed by atoms with E-state index in [4.69, 9.17) is 4.74 Å². The number of carbonyl (C=O) groups is 2. The van der Waals surface area contributed by atoms with E-state index in [1.165, 1.54) is 0 Å². The fraction of sp³-hybridized carbons (Fsp3) is 0.857. The Balaban J connectivity index is 2.47. The van der Waals surface area contributed by atoms with Gasteiger partial charge in [-0.3, -0.25) is 9.59 Å². The van der Waals surface area contributed by atoms with Crippen molar-refractivity contribution in [2.24, 2.45) is 0 Å². The van der Waals surface area contributed by atoms with E-state index in [-0.39, 0.29) is 17.9 Å². The number of rotatable bonds is 5. The molecule has 0 radical (unpaired) electrons. The highest BCUT2D eigenvalue weighted by Crippen LogP contribution is 2.12. The number of ether oxygens (including phenoxy) is 1. The molecule has 0 aliphatic carbocycles. The molecular formula is C14H26N2O3. The van der Waals surface area contributed by atoms with E-state index < -0.39 is 6.10 Å². The minimum absolute atomic E-state index is 0.0341. The molecule has 2 atom stereocenters. The van der Waals surface area contributed by atoms with Crippen LogP contribution in [0, 0.1) is 0 Å². The molecule has 110 valence electrons. The Morgan fingerprint density at radius 3 is 2.58 bits per heavy atom. The van der Waals surface area contributed by atoms with Gasteiger partial charge < -0.3 is 14.5 Å². The molecule has 2 amide bonds. The van der Waals surface area contributed by atoms with E-state index in [2.05, 4.69) is 6.92 Å². The van der Waals surface area contributed by atoms with E-state index in [1.54, 1.807) is 11.8 Å². The number of hydrogen-bond donors (Lipinski definition) is 0. The number of carbonyl (C=O) groups excluding carboxylic acids is 2. The average molecular weight is 270 g/mol. The fourth-order valence-electron chi connectivity index (χ4n) is 2.28. The van der Waals surface area contributed by atoms with Crippen LogP contribution in [-0.4, -0.2) is 60.0 Å². The first-order valence-electron chi connectivity index (χ1n) is 7.15. The van der Waals surface area contributed by atoms with Gasteiger partial charge in [0, 0.05) is 39.2 Å². The highest BCUT2D eigenvalue weighted by atomic mass is 16.5. The van der Waals surface area contributed by atoms with E-state index in [1.807, 2.05) is 18.7 Å². The van der Waals surface area contributed by atoms with Gasteiger partial charge in [-0.15, -0.1) is 0 Å². The minimum atomic E-state index is -0.391. The third-order valence-electron chi connectivity index (χ3n) is 3.57. The predicted octanol–water partition coefficient (Wildman–Crippen LogP) is 1.27. The van der Waals surface area contributed by atoms with Crippen LogP contribution in [0.2, 0.25) is 0 Å². The Hall–Kier alpha value is -1.10. The van der Waals surface area contributed by atoms with Crippen LogP contribution in [0.3, 0.4) is 0 Å². The Kier molecular flexibility index (Phi) is 6.28. The highest BCUT2D eigenvalue weighted by Gasteiger charge is 2.31. The van der Waals surface area contributed by atoms with Crippen LogP contribution in [0.25, 0.3) is 0 Å². The van der Waals surface area contributed by atoms with Gasteiger partial charge in [-0.2, -0.15) is 0 Å². The second-order valence-electron chi connectivity index (χ2n) is 5.21. The molecule has 0 aromatic heterocycles. The number of unbranched alkanes of at least 4 members (excludes halogenated alkanes) is 1. The minimum Gasteiger partial charge on any atom is -0.369 e. The summed E-state index contributed by atoms with van der Waals surface area (Å²) >= 11 is 0. The standard InChI is InChI=1S/C14H26N2O3/c1-5-6-9-19-12(3)14(18)16-8-7-15(13(4)17)10-11(16)2/h11-12H,5-10H2,1-4H3/t11-,12+/m1/s1. The van der Waals surface area contributed by atoms with E-state index in [9.17, 15) is 9.59 Å². The summed E-state index contributed by atoms with van der Waals surface area (Å²) in [5.41, 5.74) is 0. The topological polar surface area (TPSA) is 49.9 Å². The zero-order valence-corrected chi connectivity index (χ0v) is 12.5. The molecule has 0 bridgehead atoms. The molecule has 19 heavy (non-hydrogen) atoms. The molecule has 0 aromatic rings. The maximum absolute atomic E-state index is 12.3. The number of hydrogen-bond acceptors (Lipinski definition) is 3. The van der Waals surface area contributed by atoms with E-state index >= 15 is 0 Å². The molecule has 0 saturated carbocycles. The molecule has 1 saturated heterocycles. The van der Waals surface area contributed by atoms with Crippen molar-refractivity contribution in [3.63, 3.8) is 0 Å². The molecule has 0 unspecified atom stereocenters. The quantitative estimate of drug-likeness (QED) is 0.707. The maximum atomic E-state index is 12.3. The van der Waals surface area contributed by atoms with Crippen LogP contribution in [0.4, 0.5) is 0 Å². The number of piperazine rings is 1. The Morgan fingerprint density at radius 2 is 2.05 bits per heavy atom. The Labute approximate surface area is 115 Å². The lowest BCUT2D eigenvalue weighted by atomic mass is 10.1. The largest absolute Gasteiger partial charge is 0.369 e. The summed E-state index contributed by atoms with van der Waals surface area (Å²) in [5, 5.41) is 0. The fourth-order valence-corrected chi connectivity index (χ4v) is 2.28. The zero-order chi connectivity index (χ0) is 14.4. The van der Waals surface area contributed by atoms with Gasteiger partial charge in [0.05, 0.1) is 0 Å². The monoisotopic (exact) mass is 270 g/mol. The molecule has 1 heterocycles. The van der Waals surface area contributed by atoms with Gasteiger partial charge in [-0.05, 0) is 20.3 Å². The molecule has 0 N–H and O–H groups in total. The summed E-state index contributed by atoms with van der Waals surface area (Å²) in [6, 6.07) is 0.0578. The molecule has 1 fully saturated rings. The number of nitrogens with zero attached hydrogens (tertiary/aromatic N) is 2. The Morgan fingerprint density at radius 1 is 1.37 bits per heavy atom. The molecule has 0 spiro atoms. The van der Waals surface area contributed by atoms with Gasteiger partial charge in [-0.25, -0.2) is 0 Å². The van der Waals surface area contributed by atoms with Gasteiger partial charge in [-0.1, -0.05) is 13.3 Å². The number of amides is 2. The molecular weight excluding hydrogens is 244 g/mol. The van der Waals surface area contributed by atoms with Crippen molar-refractivity contribution < 1.29 is 14.3 Å². The second kappa shape index (κ2) is 7.48. The first kappa shape index (κ1) is 16.0. The van der Waals surface area contributed by atoms with E-state index in [0.717, 1.165) is 12.8 Å². The normalized spacial score (nSPS) is 21.4. The maximum Gasteiger partial charge on any atom is 0.251 e. The predicted molar refractivity (Wildman–Crippen MR) is 73.8 cm³/mol. The zero-order valence-electron chi connectivity index (χ0n) is 12.5. The highest BCUT2D eigenvalue weighted by molar-refractivity contribution is 5.81. The van der Waals surface area contributed by atoms with Crippen molar-refractivity contribution in [2.75, 3.05) is 26.2 Å². The molecule has 1 rings (SSSR count). The summed E-state index contributed by atoms with van der Waals surface area (Å²) in [6.45, 7) is 9.91. The average Bonchev–Trinajstić information content (AvgIpc) is 2.37. The second-order valence-corrected chi connectivity index (χ2v) is 5.21. The van der Waals surface area contributed by atoms with Crippen molar-refractivity contribution in [3.8, 4) is 0 Å². The van der Waals surface area contributed by atoms with Gasteiger partial charge >= 0.3 is 0 Å². The van der Waals surface area contributed by atoms with Crippen LogP contribution in [-0.2, 0) is 14.3 Å². The van der Waals surface area contributed by atoms with Crippen LogP contribution in [0.5, 0.6) is 0 Å². The molecule has 1 aliphatic heterocycles. The summed E-state index contributed by atoms with van der Waals surface area (Å²) < 4.78 is 5.55. The molecule has 5 heteroatoms. The van der Waals surface area contributed by atoms with Crippen LogP contribution in [0.15, 0.2) is 0 Å². The van der Waals surface area contributed by atoms with Crippen molar-refractivity contribution in [1.29, 1.82) is 0 Å². The molecule has 5 nitrogen and oxygen atoms in total.